The molecule has 0 aliphatic rings. The molecule has 0 aliphatic carbocycles. The van der Waals surface area contributed by atoms with Crippen LogP contribution in [0.2, 0.25) is 0 Å². The maximum Gasteiger partial charge on any atom is 0.323 e. The molecule has 0 saturated heterocycles. The van der Waals surface area contributed by atoms with Crippen molar-refractivity contribution in [1.82, 2.24) is 15.0 Å². The van der Waals surface area contributed by atoms with E-state index in [0.717, 1.165) is 32.5 Å². The molecule has 7 nitrogen and oxygen atoms in total. The van der Waals surface area contributed by atoms with Crippen LogP contribution in [-0.4, -0.2) is 47.9 Å². The van der Waals surface area contributed by atoms with E-state index >= 15 is 0 Å². The van der Waals surface area contributed by atoms with Gasteiger partial charge in [-0.15, -0.1) is 0 Å². The average Bonchev–Trinajstić information content (AvgIpc) is 2.43. The lowest BCUT2D eigenvalue weighted by Crippen LogP contribution is -2.25. The van der Waals surface area contributed by atoms with Gasteiger partial charge in [0.2, 0.25) is 11.9 Å². The lowest BCUT2D eigenvalue weighted by molar-refractivity contribution is 0.0948. The summed E-state index contributed by atoms with van der Waals surface area (Å²) in [6, 6.07) is 0.249. The van der Waals surface area contributed by atoms with Gasteiger partial charge in [-0.05, 0) is 20.3 Å². The van der Waals surface area contributed by atoms with Crippen LogP contribution in [0.25, 0.3) is 0 Å². The quantitative estimate of drug-likeness (QED) is 0.651. The number of ether oxygens (including phenoxy) is 2. The van der Waals surface area contributed by atoms with Gasteiger partial charge in [0.25, 0.3) is 0 Å². The second-order valence-electron chi connectivity index (χ2n) is 4.26. The van der Waals surface area contributed by atoms with E-state index in [1.807, 2.05) is 18.7 Å². The SMILES string of the molecule is CCCCOCCOc1nc(N)nc(N(CC)CC)n1. The molecule has 0 atom stereocenters. The second-order valence-corrected chi connectivity index (χ2v) is 4.26. The van der Waals surface area contributed by atoms with E-state index in [1.54, 1.807) is 0 Å². The van der Waals surface area contributed by atoms with Gasteiger partial charge in [0.1, 0.15) is 6.61 Å². The van der Waals surface area contributed by atoms with Gasteiger partial charge in [0, 0.05) is 19.7 Å². The normalized spacial score (nSPS) is 10.6. The van der Waals surface area contributed by atoms with Crippen molar-refractivity contribution in [2.45, 2.75) is 33.6 Å². The maximum absolute atomic E-state index is 5.68. The van der Waals surface area contributed by atoms with Gasteiger partial charge >= 0.3 is 6.01 Å². The molecule has 1 aromatic rings. The fraction of sp³-hybridized carbons (Fsp3) is 0.769. The third-order valence-corrected chi connectivity index (χ3v) is 2.77. The molecule has 20 heavy (non-hydrogen) atoms. The first kappa shape index (κ1) is 16.4. The predicted octanol–water partition coefficient (Wildman–Crippen LogP) is 1.50. The molecule has 0 spiro atoms. The summed E-state index contributed by atoms with van der Waals surface area (Å²) in [5, 5.41) is 0. The molecule has 2 N–H and O–H groups in total. The highest BCUT2D eigenvalue weighted by atomic mass is 16.5. The summed E-state index contributed by atoms with van der Waals surface area (Å²) in [7, 11) is 0. The molecule has 114 valence electrons. The van der Waals surface area contributed by atoms with Crippen LogP contribution in [0.3, 0.4) is 0 Å². The molecule has 0 bridgehead atoms. The van der Waals surface area contributed by atoms with E-state index in [-0.39, 0.29) is 12.0 Å². The Morgan fingerprint density at radius 2 is 1.75 bits per heavy atom. The fourth-order valence-electron chi connectivity index (χ4n) is 1.61. The van der Waals surface area contributed by atoms with Crippen LogP contribution in [0.5, 0.6) is 6.01 Å². The van der Waals surface area contributed by atoms with Crippen molar-refractivity contribution >= 4 is 11.9 Å². The Kier molecular flexibility index (Phi) is 7.64. The smallest absolute Gasteiger partial charge is 0.323 e. The molecule has 0 radical (unpaired) electrons. The van der Waals surface area contributed by atoms with Crippen molar-refractivity contribution in [3.05, 3.63) is 0 Å². The van der Waals surface area contributed by atoms with E-state index in [9.17, 15) is 0 Å². The van der Waals surface area contributed by atoms with E-state index in [2.05, 4.69) is 21.9 Å². The monoisotopic (exact) mass is 283 g/mol. The Morgan fingerprint density at radius 1 is 1.00 bits per heavy atom. The summed E-state index contributed by atoms with van der Waals surface area (Å²) in [6.45, 7) is 9.49. The third-order valence-electron chi connectivity index (χ3n) is 2.77. The largest absolute Gasteiger partial charge is 0.461 e. The summed E-state index contributed by atoms with van der Waals surface area (Å²) < 4.78 is 10.9. The number of anilines is 2. The first-order valence-corrected chi connectivity index (χ1v) is 7.18. The number of nitrogens with zero attached hydrogens (tertiary/aromatic N) is 4. The lowest BCUT2D eigenvalue weighted by atomic mass is 10.4. The van der Waals surface area contributed by atoms with Crippen LogP contribution in [-0.2, 0) is 4.74 Å². The topological polar surface area (TPSA) is 86.4 Å². The van der Waals surface area contributed by atoms with Crippen molar-refractivity contribution in [3.8, 4) is 6.01 Å². The Hall–Kier alpha value is -1.63. The number of rotatable bonds is 10. The minimum absolute atomic E-state index is 0.170. The molecule has 0 aromatic carbocycles. The molecule has 0 aliphatic heterocycles. The third kappa shape index (κ3) is 5.56. The summed E-state index contributed by atoms with van der Waals surface area (Å²) in [5.41, 5.74) is 5.68. The molecule has 0 amide bonds. The Labute approximate surface area is 120 Å². The van der Waals surface area contributed by atoms with Crippen molar-refractivity contribution in [3.63, 3.8) is 0 Å². The number of nitrogens with two attached hydrogens (primary N) is 1. The van der Waals surface area contributed by atoms with Crippen molar-refractivity contribution < 1.29 is 9.47 Å². The molecule has 0 fully saturated rings. The zero-order valence-electron chi connectivity index (χ0n) is 12.6. The van der Waals surface area contributed by atoms with E-state index in [4.69, 9.17) is 15.2 Å². The maximum atomic E-state index is 5.68. The van der Waals surface area contributed by atoms with Gasteiger partial charge in [-0.3, -0.25) is 0 Å². The van der Waals surface area contributed by atoms with Crippen LogP contribution < -0.4 is 15.4 Å². The number of hydrogen-bond donors (Lipinski definition) is 1. The highest BCUT2D eigenvalue weighted by Gasteiger charge is 2.10. The Balaban J connectivity index is 2.49. The van der Waals surface area contributed by atoms with Crippen LogP contribution in [0.1, 0.15) is 33.6 Å². The summed E-state index contributed by atoms with van der Waals surface area (Å²) in [5.74, 6) is 0.716. The van der Waals surface area contributed by atoms with Gasteiger partial charge in [0.05, 0.1) is 6.61 Å². The average molecular weight is 283 g/mol. The van der Waals surface area contributed by atoms with Crippen LogP contribution >= 0.6 is 0 Å². The highest BCUT2D eigenvalue weighted by molar-refractivity contribution is 5.35. The molecule has 1 heterocycles. The summed E-state index contributed by atoms with van der Waals surface area (Å²) in [6.07, 6.45) is 2.18. The van der Waals surface area contributed by atoms with Gasteiger partial charge < -0.3 is 20.1 Å². The second kappa shape index (κ2) is 9.30. The zero-order valence-corrected chi connectivity index (χ0v) is 12.6. The molecular weight excluding hydrogens is 258 g/mol. The van der Waals surface area contributed by atoms with E-state index < -0.39 is 0 Å². The van der Waals surface area contributed by atoms with Gasteiger partial charge in [-0.25, -0.2) is 0 Å². The summed E-state index contributed by atoms with van der Waals surface area (Å²) >= 11 is 0. The van der Waals surface area contributed by atoms with E-state index in [0.29, 0.717) is 19.2 Å². The van der Waals surface area contributed by atoms with Crippen molar-refractivity contribution in [2.24, 2.45) is 0 Å². The first-order valence-electron chi connectivity index (χ1n) is 7.18. The minimum Gasteiger partial charge on any atom is -0.461 e. The summed E-state index contributed by atoms with van der Waals surface area (Å²) in [4.78, 5) is 14.3. The predicted molar refractivity (Wildman–Crippen MR) is 79.0 cm³/mol. The van der Waals surface area contributed by atoms with Crippen molar-refractivity contribution in [1.29, 1.82) is 0 Å². The lowest BCUT2D eigenvalue weighted by Gasteiger charge is -2.18. The van der Waals surface area contributed by atoms with Crippen LogP contribution in [0.15, 0.2) is 0 Å². The highest BCUT2D eigenvalue weighted by Crippen LogP contribution is 2.12. The minimum atomic E-state index is 0.170. The molecule has 1 rings (SSSR count). The molecule has 7 heteroatoms. The Bertz CT molecular complexity index is 385. The molecule has 1 aromatic heterocycles. The van der Waals surface area contributed by atoms with Crippen molar-refractivity contribution in [2.75, 3.05) is 43.5 Å². The van der Waals surface area contributed by atoms with Gasteiger partial charge in [0.15, 0.2) is 0 Å². The standard InChI is InChI=1S/C13H25N5O2/c1-4-7-8-19-9-10-20-13-16-11(14)15-12(17-13)18(5-2)6-3/h4-10H2,1-3H3,(H2,14,15,16,17). The van der Waals surface area contributed by atoms with Crippen LogP contribution in [0, 0.1) is 0 Å². The first-order chi connectivity index (χ1) is 9.71. The zero-order chi connectivity index (χ0) is 14.8. The molecular formula is C13H25N5O2. The fourth-order valence-corrected chi connectivity index (χ4v) is 1.61. The Morgan fingerprint density at radius 3 is 2.40 bits per heavy atom. The number of unbranched alkanes of at least 4 members (excludes halogenated alkanes) is 1. The molecule has 0 unspecified atom stereocenters. The van der Waals surface area contributed by atoms with Gasteiger partial charge in [-0.2, -0.15) is 15.0 Å². The number of hydrogen-bond acceptors (Lipinski definition) is 7. The molecule has 0 saturated carbocycles. The number of nitrogen functional groups attached to an aromatic ring is 1. The van der Waals surface area contributed by atoms with E-state index in [1.165, 1.54) is 0 Å². The number of aromatic nitrogens is 3. The van der Waals surface area contributed by atoms with Gasteiger partial charge in [-0.1, -0.05) is 13.3 Å². The van der Waals surface area contributed by atoms with Crippen LogP contribution in [0.4, 0.5) is 11.9 Å².